The number of hydrogen-bond donors (Lipinski definition) is 1. The molecule has 0 heterocycles. The van der Waals surface area contributed by atoms with E-state index in [0.29, 0.717) is 0 Å². The third kappa shape index (κ3) is 568. The fourth-order valence-electron chi connectivity index (χ4n) is 0. The van der Waals surface area contributed by atoms with E-state index in [1.807, 2.05) is 0 Å². The van der Waals surface area contributed by atoms with E-state index >= 15 is 0 Å². The maximum Gasteiger partial charge on any atom is 4.00 e. The molecule has 0 saturated carbocycles. The summed E-state index contributed by atoms with van der Waals surface area (Å²) >= 11 is 0. The van der Waals surface area contributed by atoms with Crippen LogP contribution in [0.1, 0.15) is 0 Å². The van der Waals surface area contributed by atoms with Crippen LogP contribution in [-0.4, -0.2) is 30.6 Å². The maximum absolute atomic E-state index is 8.36. The Labute approximate surface area is 142 Å². The fourth-order valence-corrected chi connectivity index (χ4v) is 0. The van der Waals surface area contributed by atoms with Gasteiger partial charge in [-0.3, -0.25) is 0 Å². The van der Waals surface area contributed by atoms with E-state index in [9.17, 15) is 0 Å². The molecule has 0 atom stereocenters. The van der Waals surface area contributed by atoms with Gasteiger partial charge in [-0.05, 0) is 0 Å². The first-order valence-electron chi connectivity index (χ1n) is 2.76. The van der Waals surface area contributed by atoms with Gasteiger partial charge in [0.05, 0.1) is 20.3 Å². The molecule has 0 fully saturated rings. The molecule has 0 amide bonds. The van der Waals surface area contributed by atoms with Gasteiger partial charge in [0.2, 0.25) is 0 Å². The Hall–Kier alpha value is -2.68. The van der Waals surface area contributed by atoms with Crippen LogP contribution in [0.2, 0.25) is 0 Å². The van der Waals surface area contributed by atoms with Crippen LogP contribution in [0.5, 0.6) is 0 Å². The van der Waals surface area contributed by atoms with Gasteiger partial charge in [0.15, 0.2) is 0 Å². The molecule has 0 aromatic rings. The summed E-state index contributed by atoms with van der Waals surface area (Å²) in [5.74, 6) is 0. The van der Waals surface area contributed by atoms with E-state index in [0.717, 1.165) is 0 Å². The van der Waals surface area contributed by atoms with Crippen molar-refractivity contribution in [3.63, 3.8) is 0 Å². The van der Waals surface area contributed by atoms with Crippen molar-refractivity contribution >= 4 is 0 Å². The molecular formula is HN5O15Th. The van der Waals surface area contributed by atoms with Crippen LogP contribution in [0.3, 0.4) is 0 Å². The van der Waals surface area contributed by atoms with Crippen molar-refractivity contribution in [2.75, 3.05) is 0 Å². The first-order chi connectivity index (χ1) is 8.66. The van der Waals surface area contributed by atoms with Crippen LogP contribution >= 0.6 is 0 Å². The number of rotatable bonds is 0. The molecule has 0 aliphatic carbocycles. The SMILES string of the molecule is O=[N+]([O-])O.O=[N+]([O-])[O-].O=[N+]([O-])[O-].O=[N+]([O-])[O-].O=[N+]([O-])[O-].[Th+4]. The molecule has 0 rings (SSSR count). The molecule has 0 saturated heterocycles. The standard InChI is InChI=1S/HNO3.4NO3.Th/c5*2-1(3)4;/h(H,2,3,4);;;;;/q;4*-1;+4. The minimum Gasteiger partial charge on any atom is -0.356 e. The van der Waals surface area contributed by atoms with E-state index in [2.05, 4.69) is 0 Å². The molecule has 0 unspecified atom stereocenters. The molecule has 20 nitrogen and oxygen atoms in total. The Morgan fingerprint density at radius 2 is 0.476 bits per heavy atom. The molecule has 0 bridgehead atoms. The molecule has 0 radical (unpaired) electrons. The number of hydrogen-bond acceptors (Lipinski definition) is 14. The molecule has 1 N–H and O–H groups in total. The van der Waals surface area contributed by atoms with E-state index in [4.69, 9.17) is 76.6 Å². The summed E-state index contributed by atoms with van der Waals surface area (Å²) in [4.78, 5) is 41.4. The molecular weight excluding hydrogens is 542 g/mol. The van der Waals surface area contributed by atoms with E-state index in [1.54, 1.807) is 0 Å². The van der Waals surface area contributed by atoms with Crippen LogP contribution in [-0.2, 0) is 0 Å². The Kier molecular flexibility index (Phi) is 52.4. The van der Waals surface area contributed by atoms with Crippen LogP contribution in [0.15, 0.2) is 0 Å². The van der Waals surface area contributed by atoms with Crippen molar-refractivity contribution in [2.24, 2.45) is 0 Å². The summed E-state index contributed by atoms with van der Waals surface area (Å²) in [5, 5.41) is 72.6. The number of nitrogens with zero attached hydrogens (tertiary/aromatic N) is 5. The van der Waals surface area contributed by atoms with Crippen molar-refractivity contribution in [1.82, 2.24) is 0 Å². The van der Waals surface area contributed by atoms with Gasteiger partial charge < -0.3 is 66.5 Å². The second-order valence-electron chi connectivity index (χ2n) is 1.13. The Morgan fingerprint density at radius 3 is 0.476 bits per heavy atom. The van der Waals surface area contributed by atoms with Gasteiger partial charge in [-0.2, -0.15) is 0 Å². The Morgan fingerprint density at radius 1 is 0.476 bits per heavy atom. The summed E-state index contributed by atoms with van der Waals surface area (Å²) < 4.78 is 0. The summed E-state index contributed by atoms with van der Waals surface area (Å²) in [6, 6.07) is 0. The average Bonchev–Trinajstić information content (AvgIpc) is 1.94. The molecule has 0 aliphatic heterocycles. The van der Waals surface area contributed by atoms with Crippen molar-refractivity contribution < 1.29 is 70.6 Å². The first kappa shape index (κ1) is 36.2. The van der Waals surface area contributed by atoms with Gasteiger partial charge >= 0.3 is 39.9 Å². The topological polar surface area (TPSA) is 328 Å². The largest absolute Gasteiger partial charge is 4.00 e. The molecule has 0 spiro atoms. The van der Waals surface area contributed by atoms with Crippen molar-refractivity contribution in [3.8, 4) is 0 Å². The fraction of sp³-hybridized carbons (Fsp3) is 0. The second kappa shape index (κ2) is 30.4. The van der Waals surface area contributed by atoms with Crippen LogP contribution in [0.4, 0.5) is 0 Å². The van der Waals surface area contributed by atoms with Gasteiger partial charge in [-0.25, -0.2) is 0 Å². The third-order valence-corrected chi connectivity index (χ3v) is 0. The van der Waals surface area contributed by atoms with Crippen molar-refractivity contribution in [2.45, 2.75) is 0 Å². The zero-order valence-corrected chi connectivity index (χ0v) is 13.0. The molecule has 120 valence electrons. The molecule has 21 heteroatoms. The first-order valence-corrected chi connectivity index (χ1v) is 2.76. The smallest absolute Gasteiger partial charge is 0.356 e. The molecule has 0 aliphatic rings. The average molecular weight is 543 g/mol. The summed E-state index contributed by atoms with van der Waals surface area (Å²) in [5.41, 5.74) is 0. The normalized spacial score (nSPS) is 5.71. The zero-order chi connectivity index (χ0) is 17.9. The van der Waals surface area contributed by atoms with Crippen LogP contribution in [0, 0.1) is 111 Å². The van der Waals surface area contributed by atoms with Crippen molar-refractivity contribution in [3.05, 3.63) is 71.4 Å². The van der Waals surface area contributed by atoms with E-state index in [-0.39, 0.29) is 39.9 Å². The quantitative estimate of drug-likeness (QED) is 0.274. The van der Waals surface area contributed by atoms with Crippen LogP contribution in [0.25, 0.3) is 0 Å². The molecule has 0 aromatic heterocycles. The minimum atomic E-state index is -1.75. The zero-order valence-electron chi connectivity index (χ0n) is 8.90. The van der Waals surface area contributed by atoms with Gasteiger partial charge in [0, 0.05) is 0 Å². The van der Waals surface area contributed by atoms with Crippen LogP contribution < -0.4 is 0 Å². The van der Waals surface area contributed by atoms with Gasteiger partial charge in [0.25, 0.3) is 5.09 Å². The van der Waals surface area contributed by atoms with Crippen molar-refractivity contribution in [1.29, 1.82) is 0 Å². The van der Waals surface area contributed by atoms with E-state index < -0.39 is 25.4 Å². The van der Waals surface area contributed by atoms with Gasteiger partial charge in [-0.1, -0.05) is 0 Å². The van der Waals surface area contributed by atoms with E-state index in [1.165, 1.54) is 0 Å². The molecule has 21 heavy (non-hydrogen) atoms. The second-order valence-corrected chi connectivity index (χ2v) is 1.13. The summed E-state index contributed by atoms with van der Waals surface area (Å²) in [7, 11) is 0. The molecule has 0 aromatic carbocycles. The predicted octanol–water partition coefficient (Wildman–Crippen LogP) is -1.30. The Bertz CT molecular complexity index is 207. The monoisotopic (exact) mass is 543 g/mol. The minimum absolute atomic E-state index is 0. The summed E-state index contributed by atoms with van der Waals surface area (Å²) in [6.45, 7) is 0. The van der Waals surface area contributed by atoms with Gasteiger partial charge in [-0.15, -0.1) is 10.1 Å². The Balaban J connectivity index is -0.0000000331. The summed E-state index contributed by atoms with van der Waals surface area (Å²) in [6.07, 6.45) is 0. The third-order valence-electron chi connectivity index (χ3n) is 0. The maximum atomic E-state index is 8.36. The van der Waals surface area contributed by atoms with Gasteiger partial charge in [0.1, 0.15) is 0 Å². The predicted molar refractivity (Wildman–Crippen MR) is 50.2 cm³/mol.